The molecule has 7 amide bonds. The second-order valence-electron chi connectivity index (χ2n) is 20.0. The average Bonchev–Trinajstić information content (AvgIpc) is 3.41. The second kappa shape index (κ2) is 25.9. The predicted octanol–water partition coefficient (Wildman–Crippen LogP) is 1.85. The number of rotatable bonds is 22. The summed E-state index contributed by atoms with van der Waals surface area (Å²) in [5.41, 5.74) is 0.999. The molecule has 2 saturated heterocycles. The van der Waals surface area contributed by atoms with E-state index in [2.05, 4.69) is 59.0 Å². The van der Waals surface area contributed by atoms with Crippen molar-refractivity contribution in [3.05, 3.63) is 76.4 Å². The number of carboxylic acid groups (broad SMARTS) is 2. The molecule has 10 N–H and O–H groups in total. The molecule has 7 heterocycles. The second-order valence-corrected chi connectivity index (χ2v) is 20.0. The van der Waals surface area contributed by atoms with Crippen LogP contribution in [0.5, 0.6) is 0 Å². The molecular weight excluding hydrogens is 969 g/mol. The van der Waals surface area contributed by atoms with Crippen LogP contribution in [-0.4, -0.2) is 181 Å². The largest absolute Gasteiger partial charge is 0.480 e. The number of carboxylic acids is 2. The number of hydrogen-bond donors (Lipinski definition) is 10. The minimum Gasteiger partial charge on any atom is -0.480 e. The quantitative estimate of drug-likeness (QED) is 0.0642. The summed E-state index contributed by atoms with van der Waals surface area (Å²) in [6.07, 6.45) is 6.95. The van der Waals surface area contributed by atoms with Crippen molar-refractivity contribution in [3.63, 3.8) is 0 Å². The number of anilines is 2. The molecule has 0 spiro atoms. The summed E-state index contributed by atoms with van der Waals surface area (Å²) in [6, 6.07) is 8.85. The van der Waals surface area contributed by atoms with Gasteiger partial charge in [0.25, 0.3) is 5.91 Å². The van der Waals surface area contributed by atoms with Gasteiger partial charge in [-0.05, 0) is 125 Å². The van der Waals surface area contributed by atoms with Crippen molar-refractivity contribution in [1.29, 1.82) is 0 Å². The number of fused-ring (bicyclic) bond motifs is 2. The number of carbonyl (C=O) groups excluding carboxylic acids is 5. The summed E-state index contributed by atoms with van der Waals surface area (Å²) in [5, 5.41) is 60.3. The Labute approximate surface area is 436 Å². The monoisotopic (exact) mass is 1040 g/mol. The van der Waals surface area contributed by atoms with Gasteiger partial charge in [0, 0.05) is 95.9 Å². The van der Waals surface area contributed by atoms with E-state index in [9.17, 15) is 54.0 Å². The number of piperidine rings is 2. The van der Waals surface area contributed by atoms with Crippen LogP contribution in [0.1, 0.15) is 109 Å². The van der Waals surface area contributed by atoms with E-state index >= 15 is 0 Å². The van der Waals surface area contributed by atoms with Crippen LogP contribution in [0.3, 0.4) is 0 Å². The fourth-order valence-corrected chi connectivity index (χ4v) is 9.98. The van der Waals surface area contributed by atoms with Crippen LogP contribution in [0, 0.1) is 0 Å². The van der Waals surface area contributed by atoms with Gasteiger partial charge < -0.3 is 67.0 Å². The number of aliphatic hydroxyl groups is 2. The number of likely N-dealkylation sites (tertiary alicyclic amines) is 2. The van der Waals surface area contributed by atoms with Crippen molar-refractivity contribution in [2.75, 3.05) is 76.6 Å². The molecule has 4 aliphatic heterocycles. The molecule has 0 saturated carbocycles. The molecule has 0 radical (unpaired) electrons. The molecule has 2 atom stereocenters. The summed E-state index contributed by atoms with van der Waals surface area (Å²) in [7, 11) is 1.50. The van der Waals surface area contributed by atoms with Crippen LogP contribution in [-0.2, 0) is 51.3 Å². The van der Waals surface area contributed by atoms with Crippen LogP contribution >= 0.6 is 0 Å². The van der Waals surface area contributed by atoms with Gasteiger partial charge in [0.2, 0.25) is 11.8 Å². The number of aliphatic carboxylic acids is 2. The minimum atomic E-state index is -1.84. The van der Waals surface area contributed by atoms with Gasteiger partial charge in [0.15, 0.2) is 12.1 Å². The lowest BCUT2D eigenvalue weighted by molar-refractivity contribution is -0.153. The third kappa shape index (κ3) is 15.2. The van der Waals surface area contributed by atoms with Crippen molar-refractivity contribution in [2.45, 2.75) is 126 Å². The first-order chi connectivity index (χ1) is 36.0. The van der Waals surface area contributed by atoms with Gasteiger partial charge in [-0.15, -0.1) is 0 Å². The Balaban J connectivity index is 0.775. The zero-order valence-electron chi connectivity index (χ0n) is 42.7. The van der Waals surface area contributed by atoms with Crippen molar-refractivity contribution in [1.82, 2.24) is 50.9 Å². The molecule has 23 nitrogen and oxygen atoms in total. The van der Waals surface area contributed by atoms with Crippen LogP contribution in [0.15, 0.2) is 42.5 Å². The van der Waals surface area contributed by atoms with Gasteiger partial charge >= 0.3 is 24.0 Å². The third-order valence-electron chi connectivity index (χ3n) is 14.6. The van der Waals surface area contributed by atoms with Crippen LogP contribution in [0.2, 0.25) is 0 Å². The van der Waals surface area contributed by atoms with Crippen LogP contribution in [0.25, 0.3) is 0 Å². The van der Waals surface area contributed by atoms with Crippen LogP contribution < -0.4 is 31.9 Å². The number of nitrogens with one attached hydrogen (secondary N) is 6. The lowest BCUT2D eigenvalue weighted by Crippen LogP contribution is -2.62. The Morgan fingerprint density at radius 1 is 0.640 bits per heavy atom. The van der Waals surface area contributed by atoms with E-state index in [1.54, 1.807) is 12.1 Å². The smallest absolute Gasteiger partial charge is 0.329 e. The number of hydrogen-bond acceptors (Lipinski definition) is 14. The Bertz CT molecular complexity index is 2530. The molecule has 7 rings (SSSR count). The number of carbonyl (C=O) groups is 7. The van der Waals surface area contributed by atoms with E-state index in [4.69, 9.17) is 0 Å². The van der Waals surface area contributed by atoms with E-state index < -0.39 is 47.0 Å². The van der Waals surface area contributed by atoms with E-state index in [-0.39, 0.29) is 101 Å². The highest BCUT2D eigenvalue weighted by Crippen LogP contribution is 2.29. The third-order valence-corrected chi connectivity index (χ3v) is 14.6. The Morgan fingerprint density at radius 3 is 1.63 bits per heavy atom. The molecule has 0 bridgehead atoms. The molecule has 0 aromatic carbocycles. The number of aryl methyl sites for hydroxylation is 5. The van der Waals surface area contributed by atoms with Gasteiger partial charge in [-0.2, -0.15) is 0 Å². The fraction of sp³-hybridized carbons (Fsp3) is 0.577. The SMILES string of the molecule is CN(CCC(=O)NC(C(=O)O)C1(O)CCN(C(=O)NCCCc2ccc3c(n2)NCCC3)CC1)C(=O)CCCc1cccc(C(=O)NC(C(=O)O)C2(O)CCN(C(=O)NCCCc3ccc4c(n3)NCCC4)CC2)n1. The Hall–Kier alpha value is -7.14. The molecular formula is C52H72N12O11. The standard InChI is InChI=1S/C52H72N12O11/c1-62(29-20-40(65)60-42(47(68)69)51(74)21-30-63(31-22-51)49(72)55-27-6-12-37-18-16-34-8-4-25-53-44(34)58-37)41(66)15-3-11-36-10-2-14-39(57-36)46(67)61-43(48(70)71)52(75)23-32-64(33-24-52)50(73)56-28-7-13-38-19-17-35-9-5-26-54-45(35)59-38/h2,10,14,16-19,42-43,74-75H,3-9,11-13,15,20-33H2,1H3,(H,53,58)(H,54,59)(H,55,72)(H,56,73)(H,60,65)(H,61,67)(H,68,69)(H,70,71). The maximum atomic E-state index is 13.3. The molecule has 4 aliphatic rings. The first kappa shape index (κ1) is 55.6. The number of pyridine rings is 3. The molecule has 406 valence electrons. The average molecular weight is 1040 g/mol. The molecule has 75 heavy (non-hydrogen) atoms. The van der Waals surface area contributed by atoms with Gasteiger partial charge in [-0.1, -0.05) is 18.2 Å². The van der Waals surface area contributed by atoms with Gasteiger partial charge in [0.1, 0.15) is 17.3 Å². The van der Waals surface area contributed by atoms with Crippen molar-refractivity contribution < 1.29 is 54.0 Å². The van der Waals surface area contributed by atoms with E-state index in [0.29, 0.717) is 50.9 Å². The zero-order chi connectivity index (χ0) is 53.5. The lowest BCUT2D eigenvalue weighted by atomic mass is 9.84. The normalized spacial score (nSPS) is 17.3. The minimum absolute atomic E-state index is 0.0359. The zero-order valence-corrected chi connectivity index (χ0v) is 42.7. The summed E-state index contributed by atoms with van der Waals surface area (Å²) in [4.78, 5) is 108. The maximum Gasteiger partial charge on any atom is 0.329 e. The lowest BCUT2D eigenvalue weighted by Gasteiger charge is -2.41. The highest BCUT2D eigenvalue weighted by Gasteiger charge is 2.47. The maximum absolute atomic E-state index is 13.3. The highest BCUT2D eigenvalue weighted by atomic mass is 16.4. The first-order valence-corrected chi connectivity index (χ1v) is 26.2. The van der Waals surface area contributed by atoms with Gasteiger partial charge in [0.05, 0.1) is 11.2 Å². The predicted molar refractivity (Wildman–Crippen MR) is 275 cm³/mol. The Kier molecular flexibility index (Phi) is 19.2. The van der Waals surface area contributed by atoms with Gasteiger partial charge in [-0.3, -0.25) is 14.4 Å². The summed E-state index contributed by atoms with van der Waals surface area (Å²) >= 11 is 0. The molecule has 3 aromatic heterocycles. The summed E-state index contributed by atoms with van der Waals surface area (Å²) in [6.45, 7) is 2.89. The number of amides is 7. The molecule has 2 fully saturated rings. The summed E-state index contributed by atoms with van der Waals surface area (Å²) in [5.74, 6) is -2.83. The van der Waals surface area contributed by atoms with Crippen molar-refractivity contribution in [2.24, 2.45) is 0 Å². The summed E-state index contributed by atoms with van der Waals surface area (Å²) < 4.78 is 0. The van der Waals surface area contributed by atoms with E-state index in [0.717, 1.165) is 61.8 Å². The first-order valence-electron chi connectivity index (χ1n) is 26.2. The molecule has 2 unspecified atom stereocenters. The molecule has 23 heteroatoms. The van der Waals surface area contributed by atoms with Crippen LogP contribution in [0.4, 0.5) is 21.2 Å². The van der Waals surface area contributed by atoms with E-state index in [1.807, 2.05) is 12.1 Å². The highest BCUT2D eigenvalue weighted by molar-refractivity contribution is 5.95. The number of urea groups is 2. The number of aromatic nitrogens is 3. The van der Waals surface area contributed by atoms with Crippen molar-refractivity contribution >= 4 is 53.4 Å². The molecule has 0 aliphatic carbocycles. The van der Waals surface area contributed by atoms with Crippen molar-refractivity contribution in [3.8, 4) is 0 Å². The topological polar surface area (TPSA) is 321 Å². The number of nitrogens with zero attached hydrogens (tertiary/aromatic N) is 6. The van der Waals surface area contributed by atoms with Gasteiger partial charge in [-0.25, -0.2) is 34.1 Å². The fourth-order valence-electron chi connectivity index (χ4n) is 9.98. The molecule has 3 aromatic rings. The van der Waals surface area contributed by atoms with E-state index in [1.165, 1.54) is 38.9 Å². The Morgan fingerprint density at radius 2 is 1.12 bits per heavy atom.